The SMILES string of the molecule is CC(Nc1nccc(N(C(=O)Nc2c(F)cc(F)cc2F)c2ccc(F)cc2)n1)C(C)(C)O. The van der Waals surface area contributed by atoms with Gasteiger partial charge in [-0.25, -0.2) is 32.2 Å². The van der Waals surface area contributed by atoms with Gasteiger partial charge in [-0.3, -0.25) is 0 Å². The number of amides is 2. The fraction of sp³-hybridized carbons (Fsp3) is 0.227. The van der Waals surface area contributed by atoms with Crippen LogP contribution in [0.15, 0.2) is 48.7 Å². The number of carbonyl (C=O) groups is 1. The van der Waals surface area contributed by atoms with Crippen molar-refractivity contribution in [3.8, 4) is 0 Å². The molecular formula is C22H21F4N5O2. The lowest BCUT2D eigenvalue weighted by molar-refractivity contribution is 0.0646. The predicted octanol–water partition coefficient (Wildman–Crippen LogP) is 4.97. The summed E-state index contributed by atoms with van der Waals surface area (Å²) in [6.45, 7) is 4.86. The molecule has 2 amide bonds. The first-order chi connectivity index (χ1) is 15.5. The number of halogens is 4. The Kier molecular flexibility index (Phi) is 6.82. The van der Waals surface area contributed by atoms with Crippen LogP contribution in [0, 0.1) is 23.3 Å². The van der Waals surface area contributed by atoms with Crippen molar-refractivity contribution in [3.63, 3.8) is 0 Å². The number of benzene rings is 2. The summed E-state index contributed by atoms with van der Waals surface area (Å²) in [7, 11) is 0. The van der Waals surface area contributed by atoms with Gasteiger partial charge in [-0.15, -0.1) is 0 Å². The van der Waals surface area contributed by atoms with Gasteiger partial charge >= 0.3 is 6.03 Å². The maximum absolute atomic E-state index is 14.1. The molecule has 0 spiro atoms. The zero-order chi connectivity index (χ0) is 24.3. The Morgan fingerprint density at radius 1 is 1.03 bits per heavy atom. The second-order valence-corrected chi connectivity index (χ2v) is 7.74. The molecule has 3 aromatic rings. The van der Waals surface area contributed by atoms with Crippen LogP contribution in [0.1, 0.15) is 20.8 Å². The molecule has 33 heavy (non-hydrogen) atoms. The molecule has 174 valence electrons. The minimum atomic E-state index is -1.32. The van der Waals surface area contributed by atoms with Crippen LogP contribution in [0.5, 0.6) is 0 Å². The fourth-order valence-electron chi connectivity index (χ4n) is 2.68. The van der Waals surface area contributed by atoms with E-state index >= 15 is 0 Å². The molecule has 11 heteroatoms. The third kappa shape index (κ3) is 5.75. The van der Waals surface area contributed by atoms with E-state index in [4.69, 9.17) is 0 Å². The van der Waals surface area contributed by atoms with Crippen molar-refractivity contribution in [3.05, 3.63) is 71.9 Å². The summed E-state index contributed by atoms with van der Waals surface area (Å²) in [6.07, 6.45) is 1.32. The molecule has 0 radical (unpaired) electrons. The molecule has 0 saturated carbocycles. The summed E-state index contributed by atoms with van der Waals surface area (Å²) >= 11 is 0. The van der Waals surface area contributed by atoms with Crippen molar-refractivity contribution in [1.82, 2.24) is 9.97 Å². The van der Waals surface area contributed by atoms with Gasteiger partial charge in [-0.1, -0.05) is 0 Å². The molecule has 1 aromatic heterocycles. The second-order valence-electron chi connectivity index (χ2n) is 7.74. The van der Waals surface area contributed by atoms with Gasteiger partial charge < -0.3 is 15.7 Å². The standard InChI is InChI=1S/C22H21F4N5O2/c1-12(22(2,3)33)28-20-27-9-8-18(29-20)31(15-6-4-13(23)5-7-15)21(32)30-19-16(25)10-14(24)11-17(19)26/h4-12,33H,1-3H3,(H,30,32)(H,27,28,29). The lowest BCUT2D eigenvalue weighted by atomic mass is 10.0. The van der Waals surface area contributed by atoms with Crippen LogP contribution in [-0.2, 0) is 0 Å². The number of urea groups is 1. The highest BCUT2D eigenvalue weighted by molar-refractivity contribution is 6.06. The lowest BCUT2D eigenvalue weighted by Crippen LogP contribution is -2.40. The van der Waals surface area contributed by atoms with Crippen LogP contribution < -0.4 is 15.5 Å². The number of hydrogen-bond donors (Lipinski definition) is 3. The molecule has 0 aliphatic rings. The van der Waals surface area contributed by atoms with Gasteiger partial charge in [-0.05, 0) is 45.0 Å². The minimum Gasteiger partial charge on any atom is -0.388 e. The van der Waals surface area contributed by atoms with Crippen molar-refractivity contribution in [2.45, 2.75) is 32.4 Å². The monoisotopic (exact) mass is 463 g/mol. The molecule has 1 unspecified atom stereocenters. The number of anilines is 4. The average molecular weight is 463 g/mol. The van der Waals surface area contributed by atoms with Gasteiger partial charge in [0.1, 0.15) is 23.1 Å². The summed E-state index contributed by atoms with van der Waals surface area (Å²) < 4.78 is 54.9. The molecule has 0 aliphatic carbocycles. The van der Waals surface area contributed by atoms with E-state index in [9.17, 15) is 27.5 Å². The molecule has 0 bridgehead atoms. The van der Waals surface area contributed by atoms with Crippen LogP contribution in [0.25, 0.3) is 0 Å². The van der Waals surface area contributed by atoms with Crippen molar-refractivity contribution >= 4 is 29.2 Å². The number of carbonyl (C=O) groups excluding carboxylic acids is 1. The third-order valence-corrected chi connectivity index (χ3v) is 4.80. The summed E-state index contributed by atoms with van der Waals surface area (Å²) in [5.41, 5.74) is -1.86. The molecule has 0 aliphatic heterocycles. The van der Waals surface area contributed by atoms with Gasteiger partial charge in [0.25, 0.3) is 0 Å². The largest absolute Gasteiger partial charge is 0.388 e. The van der Waals surface area contributed by atoms with Crippen LogP contribution in [0.3, 0.4) is 0 Å². The topological polar surface area (TPSA) is 90.4 Å². The van der Waals surface area contributed by atoms with Crippen LogP contribution in [0.2, 0.25) is 0 Å². The van der Waals surface area contributed by atoms with E-state index in [0.29, 0.717) is 12.1 Å². The van der Waals surface area contributed by atoms with E-state index in [1.54, 1.807) is 20.8 Å². The highest BCUT2D eigenvalue weighted by atomic mass is 19.1. The Morgan fingerprint density at radius 2 is 1.64 bits per heavy atom. The fourth-order valence-corrected chi connectivity index (χ4v) is 2.68. The Balaban J connectivity index is 2.00. The number of hydrogen-bond acceptors (Lipinski definition) is 5. The molecule has 1 atom stereocenters. The second kappa shape index (κ2) is 9.41. The lowest BCUT2D eigenvalue weighted by Gasteiger charge is -2.27. The molecule has 3 N–H and O–H groups in total. The van der Waals surface area contributed by atoms with Crippen LogP contribution >= 0.6 is 0 Å². The van der Waals surface area contributed by atoms with E-state index in [0.717, 1.165) is 17.0 Å². The van der Waals surface area contributed by atoms with Gasteiger partial charge in [0.15, 0.2) is 11.6 Å². The normalized spacial score (nSPS) is 12.2. The molecular weight excluding hydrogens is 442 g/mol. The van der Waals surface area contributed by atoms with Crippen molar-refractivity contribution < 1.29 is 27.5 Å². The van der Waals surface area contributed by atoms with E-state index in [1.165, 1.54) is 24.4 Å². The molecule has 2 aromatic carbocycles. The number of nitrogens with one attached hydrogen (secondary N) is 2. The number of nitrogens with zero attached hydrogens (tertiary/aromatic N) is 3. The van der Waals surface area contributed by atoms with Crippen molar-refractivity contribution in [1.29, 1.82) is 0 Å². The first-order valence-electron chi connectivity index (χ1n) is 9.79. The van der Waals surface area contributed by atoms with E-state index in [2.05, 4.69) is 20.6 Å². The van der Waals surface area contributed by atoms with Gasteiger partial charge in [0.2, 0.25) is 5.95 Å². The van der Waals surface area contributed by atoms with Crippen LogP contribution in [-0.4, -0.2) is 32.7 Å². The summed E-state index contributed by atoms with van der Waals surface area (Å²) in [5, 5.41) is 15.1. The molecule has 1 heterocycles. The highest BCUT2D eigenvalue weighted by Gasteiger charge is 2.25. The third-order valence-electron chi connectivity index (χ3n) is 4.80. The maximum atomic E-state index is 14.1. The van der Waals surface area contributed by atoms with Gasteiger partial charge in [-0.2, -0.15) is 4.98 Å². The molecule has 0 saturated heterocycles. The zero-order valence-corrected chi connectivity index (χ0v) is 17.9. The summed E-state index contributed by atoms with van der Waals surface area (Å²) in [4.78, 5) is 22.3. The smallest absolute Gasteiger partial charge is 0.332 e. The first-order valence-corrected chi connectivity index (χ1v) is 9.79. The molecule has 3 rings (SSSR count). The first kappa shape index (κ1) is 23.9. The Bertz CT molecular complexity index is 1130. The highest BCUT2D eigenvalue weighted by Crippen LogP contribution is 2.28. The van der Waals surface area contributed by atoms with Gasteiger partial charge in [0.05, 0.1) is 17.3 Å². The number of rotatable bonds is 6. The Hall–Kier alpha value is -3.73. The Labute approximate surface area is 187 Å². The van der Waals surface area contributed by atoms with Crippen molar-refractivity contribution in [2.24, 2.45) is 0 Å². The summed E-state index contributed by atoms with van der Waals surface area (Å²) in [5.74, 6) is -4.32. The van der Waals surface area contributed by atoms with E-state index < -0.39 is 46.6 Å². The molecule has 0 fully saturated rings. The molecule has 7 nitrogen and oxygen atoms in total. The van der Waals surface area contributed by atoms with Gasteiger partial charge in [0, 0.05) is 24.4 Å². The average Bonchev–Trinajstić information content (AvgIpc) is 2.72. The minimum absolute atomic E-state index is 0.0255. The predicted molar refractivity (Wildman–Crippen MR) is 115 cm³/mol. The quantitative estimate of drug-likeness (QED) is 0.449. The zero-order valence-electron chi connectivity index (χ0n) is 17.9. The van der Waals surface area contributed by atoms with E-state index in [1.807, 2.05) is 0 Å². The van der Waals surface area contributed by atoms with Crippen LogP contribution in [0.4, 0.5) is 45.5 Å². The number of aliphatic hydroxyl groups is 1. The maximum Gasteiger partial charge on any atom is 0.332 e. The summed E-state index contributed by atoms with van der Waals surface area (Å²) in [6, 6.07) is 5.37. The van der Waals surface area contributed by atoms with E-state index in [-0.39, 0.29) is 17.5 Å². The van der Waals surface area contributed by atoms with Crippen molar-refractivity contribution in [2.75, 3.05) is 15.5 Å². The number of aromatic nitrogens is 2. The Morgan fingerprint density at radius 3 is 2.21 bits per heavy atom.